The van der Waals surface area contributed by atoms with Gasteiger partial charge in [0.05, 0.1) is 6.61 Å². The van der Waals surface area contributed by atoms with Gasteiger partial charge in [0.15, 0.2) is 17.7 Å². The van der Waals surface area contributed by atoms with Crippen LogP contribution in [-0.2, 0) is 38.7 Å². The number of nitrogens with one attached hydrogen (secondary N) is 2. The van der Waals surface area contributed by atoms with E-state index in [4.69, 9.17) is 28.8 Å². The fourth-order valence-corrected chi connectivity index (χ4v) is 3.36. The molecule has 3 aliphatic heterocycles. The highest BCUT2D eigenvalue weighted by Gasteiger charge is 2.68. The van der Waals surface area contributed by atoms with Crippen molar-refractivity contribution in [1.29, 1.82) is 0 Å². The molecule has 4 N–H and O–H groups in total. The van der Waals surface area contributed by atoms with Crippen molar-refractivity contribution in [1.82, 2.24) is 10.3 Å². The molecule has 3 rings (SSSR count). The van der Waals surface area contributed by atoms with E-state index in [0.29, 0.717) is 0 Å². The summed E-state index contributed by atoms with van der Waals surface area (Å²) < 4.78 is 50.6. The monoisotopic (exact) mass is 367 g/mol. The standard InChI is InChI=1S/C12H21N3O8S/c1-10(2)20-6-5-19-12(9(16)14-15-24(13,17)18)8(7(6)21-10)22-11(3,4)23-12/h6-8,15H,5H2,1-4H3,(H,14,16)(H2,13,17,18)/t6-,7-,8+,12-/m1/s1. The van der Waals surface area contributed by atoms with Gasteiger partial charge in [-0.2, -0.15) is 8.42 Å². The highest BCUT2D eigenvalue weighted by atomic mass is 32.2. The molecule has 4 atom stereocenters. The zero-order valence-corrected chi connectivity index (χ0v) is 14.5. The number of hydrogen-bond acceptors (Lipinski definition) is 8. The van der Waals surface area contributed by atoms with Gasteiger partial charge < -0.3 is 23.7 Å². The second kappa shape index (κ2) is 5.32. The zero-order valence-electron chi connectivity index (χ0n) is 13.7. The number of hydrogen-bond donors (Lipinski definition) is 3. The van der Waals surface area contributed by atoms with Gasteiger partial charge >= 0.3 is 0 Å². The fraction of sp³-hybridized carbons (Fsp3) is 0.917. The number of ether oxygens (including phenoxy) is 5. The number of amides is 1. The quantitative estimate of drug-likeness (QED) is 0.495. The lowest BCUT2D eigenvalue weighted by molar-refractivity contribution is -0.267. The molecule has 3 saturated heterocycles. The van der Waals surface area contributed by atoms with Crippen LogP contribution < -0.4 is 15.4 Å². The highest BCUT2D eigenvalue weighted by Crippen LogP contribution is 2.47. The predicted octanol–water partition coefficient (Wildman–Crippen LogP) is -1.79. The van der Waals surface area contributed by atoms with Crippen LogP contribution in [-0.4, -0.2) is 56.6 Å². The Morgan fingerprint density at radius 2 is 1.79 bits per heavy atom. The van der Waals surface area contributed by atoms with Crippen LogP contribution in [0.25, 0.3) is 0 Å². The van der Waals surface area contributed by atoms with Gasteiger partial charge in [0.2, 0.25) is 0 Å². The Morgan fingerprint density at radius 3 is 2.42 bits per heavy atom. The van der Waals surface area contributed by atoms with Crippen molar-refractivity contribution in [3.63, 3.8) is 0 Å². The molecular weight excluding hydrogens is 346 g/mol. The van der Waals surface area contributed by atoms with E-state index < -0.39 is 51.8 Å². The first-order valence-corrected chi connectivity index (χ1v) is 8.86. The summed E-state index contributed by atoms with van der Waals surface area (Å²) in [7, 11) is -4.14. The molecule has 3 heterocycles. The molecule has 11 nitrogen and oxygen atoms in total. The smallest absolute Gasteiger partial charge is 0.298 e. The van der Waals surface area contributed by atoms with E-state index in [1.165, 1.54) is 0 Å². The average molecular weight is 367 g/mol. The van der Waals surface area contributed by atoms with Crippen LogP contribution in [0.5, 0.6) is 0 Å². The van der Waals surface area contributed by atoms with Gasteiger partial charge in [-0.3, -0.25) is 10.2 Å². The Labute approximate surface area is 139 Å². The summed E-state index contributed by atoms with van der Waals surface area (Å²) in [6.07, 6.45) is -2.04. The van der Waals surface area contributed by atoms with Gasteiger partial charge in [-0.15, -0.1) is 4.83 Å². The van der Waals surface area contributed by atoms with Crippen molar-refractivity contribution in [3.8, 4) is 0 Å². The molecule has 1 amide bonds. The van der Waals surface area contributed by atoms with Gasteiger partial charge in [0.1, 0.15) is 12.2 Å². The third kappa shape index (κ3) is 3.15. The van der Waals surface area contributed by atoms with Crippen molar-refractivity contribution < 1.29 is 36.9 Å². The molecule has 0 aromatic carbocycles. The number of carbonyl (C=O) groups excluding carboxylic acids is 1. The Hall–Kier alpha value is -0.860. The summed E-state index contributed by atoms with van der Waals surface area (Å²) >= 11 is 0. The van der Waals surface area contributed by atoms with Gasteiger partial charge in [-0.05, 0) is 27.7 Å². The Bertz CT molecular complexity index is 651. The third-order valence-electron chi connectivity index (χ3n) is 3.79. The summed E-state index contributed by atoms with van der Waals surface area (Å²) in [4.78, 5) is 14.3. The van der Waals surface area contributed by atoms with Crippen LogP contribution in [0.3, 0.4) is 0 Å². The van der Waals surface area contributed by atoms with E-state index in [1.807, 2.05) is 5.43 Å². The summed E-state index contributed by atoms with van der Waals surface area (Å²) in [5, 5.41) is 4.81. The molecule has 0 saturated carbocycles. The lowest BCUT2D eigenvalue weighted by atomic mass is 9.96. The highest BCUT2D eigenvalue weighted by molar-refractivity contribution is 7.87. The third-order valence-corrected chi connectivity index (χ3v) is 4.17. The molecule has 0 aromatic heterocycles. The molecule has 12 heteroatoms. The fourth-order valence-electron chi connectivity index (χ4n) is 3.13. The SMILES string of the molecule is CC1(C)O[C@@H]2[C@@H](CO[C@@]3(C(=O)NNS(N)(=O)=O)OC(C)(C)O[C@@H]23)O1. The largest absolute Gasteiger partial charge is 0.342 e. The lowest BCUT2D eigenvalue weighted by Crippen LogP contribution is -2.66. The van der Waals surface area contributed by atoms with Crippen molar-refractivity contribution in [2.75, 3.05) is 6.61 Å². The van der Waals surface area contributed by atoms with Gasteiger partial charge in [-0.25, -0.2) is 5.14 Å². The number of fused-ring (bicyclic) bond motifs is 3. The first-order valence-electron chi connectivity index (χ1n) is 7.31. The molecule has 24 heavy (non-hydrogen) atoms. The van der Waals surface area contributed by atoms with Crippen molar-refractivity contribution in [2.45, 2.75) is 63.4 Å². The summed E-state index contributed by atoms with van der Waals surface area (Å²) in [6, 6.07) is 0. The predicted molar refractivity (Wildman–Crippen MR) is 76.9 cm³/mol. The summed E-state index contributed by atoms with van der Waals surface area (Å²) in [6.45, 7) is 6.68. The van der Waals surface area contributed by atoms with Gasteiger partial charge in [-0.1, -0.05) is 0 Å². The average Bonchev–Trinajstić information content (AvgIpc) is 2.87. The minimum Gasteiger partial charge on any atom is -0.342 e. The molecular formula is C12H21N3O8S. The maximum Gasteiger partial charge on any atom is 0.298 e. The number of rotatable bonds is 3. The molecule has 3 aliphatic rings. The Balaban J connectivity index is 1.88. The molecule has 138 valence electrons. The van der Waals surface area contributed by atoms with E-state index in [9.17, 15) is 13.2 Å². The number of hydrazine groups is 1. The van der Waals surface area contributed by atoms with Crippen LogP contribution in [0.2, 0.25) is 0 Å². The van der Waals surface area contributed by atoms with Crippen LogP contribution >= 0.6 is 0 Å². The van der Waals surface area contributed by atoms with Crippen molar-refractivity contribution >= 4 is 16.1 Å². The first-order chi connectivity index (χ1) is 10.8. The van der Waals surface area contributed by atoms with Crippen LogP contribution in [0, 0.1) is 0 Å². The van der Waals surface area contributed by atoms with E-state index in [1.54, 1.807) is 32.5 Å². The zero-order chi connectivity index (χ0) is 18.0. The molecule has 0 aliphatic carbocycles. The number of nitrogens with two attached hydrogens (primary N) is 1. The van der Waals surface area contributed by atoms with Gasteiger partial charge in [0, 0.05) is 0 Å². The van der Waals surface area contributed by atoms with E-state index in [2.05, 4.69) is 0 Å². The number of carbonyl (C=O) groups is 1. The second-order valence-corrected chi connectivity index (χ2v) is 8.05. The minimum atomic E-state index is -4.14. The topological polar surface area (TPSA) is 147 Å². The maximum absolute atomic E-state index is 12.6. The van der Waals surface area contributed by atoms with Crippen molar-refractivity contribution in [2.24, 2.45) is 5.14 Å². The van der Waals surface area contributed by atoms with Crippen LogP contribution in [0.1, 0.15) is 27.7 Å². The molecule has 3 fully saturated rings. The summed E-state index contributed by atoms with van der Waals surface area (Å²) in [5.41, 5.74) is 1.96. The van der Waals surface area contributed by atoms with Gasteiger partial charge in [0.25, 0.3) is 21.9 Å². The van der Waals surface area contributed by atoms with E-state index in [-0.39, 0.29) is 6.61 Å². The second-order valence-electron chi connectivity index (χ2n) is 6.76. The summed E-state index contributed by atoms with van der Waals surface area (Å²) in [5.74, 6) is -4.83. The van der Waals surface area contributed by atoms with E-state index >= 15 is 0 Å². The minimum absolute atomic E-state index is 0.00678. The Kier molecular flexibility index (Phi) is 3.98. The van der Waals surface area contributed by atoms with Crippen molar-refractivity contribution in [3.05, 3.63) is 0 Å². The van der Waals surface area contributed by atoms with Crippen LogP contribution in [0.15, 0.2) is 0 Å². The van der Waals surface area contributed by atoms with E-state index in [0.717, 1.165) is 0 Å². The molecule has 0 radical (unpaired) electrons. The Morgan fingerprint density at radius 1 is 1.12 bits per heavy atom. The molecule has 0 unspecified atom stereocenters. The lowest BCUT2D eigenvalue weighted by Gasteiger charge is -2.39. The van der Waals surface area contributed by atoms with Crippen LogP contribution in [0.4, 0.5) is 0 Å². The molecule has 0 spiro atoms. The molecule has 0 aromatic rings. The molecule has 0 bridgehead atoms. The normalized spacial score (nSPS) is 40.0. The first kappa shape index (κ1) is 17.9. The maximum atomic E-state index is 12.6.